The summed E-state index contributed by atoms with van der Waals surface area (Å²) in [5, 5.41) is 11.4. The largest absolute Gasteiger partial charge is 0.478 e. The van der Waals surface area contributed by atoms with Crippen LogP contribution in [0.1, 0.15) is 31.1 Å². The molecular weight excluding hydrogens is 258 g/mol. The third-order valence-corrected chi connectivity index (χ3v) is 2.17. The maximum atomic E-state index is 11.5. The Morgan fingerprint density at radius 3 is 2.44 bits per heavy atom. The summed E-state index contributed by atoms with van der Waals surface area (Å²) in [5.41, 5.74) is -0.386. The van der Waals surface area contributed by atoms with Gasteiger partial charge in [0.25, 0.3) is 0 Å². The zero-order chi connectivity index (χ0) is 13.9. The van der Waals surface area contributed by atoms with Crippen LogP contribution in [0.2, 0.25) is 5.02 Å². The van der Waals surface area contributed by atoms with Crippen LogP contribution in [0.4, 0.5) is 10.5 Å². The predicted octanol–water partition coefficient (Wildman–Crippen LogP) is 3.39. The average molecular weight is 272 g/mol. The molecule has 0 fully saturated rings. The van der Waals surface area contributed by atoms with Gasteiger partial charge < -0.3 is 9.84 Å². The number of ether oxygens (including phenoxy) is 1. The van der Waals surface area contributed by atoms with E-state index in [0.717, 1.165) is 0 Å². The number of anilines is 1. The standard InChI is InChI=1S/C12H14ClNO4/c1-12(2,3)18-11(17)14-7-4-5-9(13)8(6-7)10(15)16/h4-6H,1-3H3,(H,14,17)(H,15,16). The van der Waals surface area contributed by atoms with Crippen LogP contribution in [0, 0.1) is 0 Å². The molecule has 18 heavy (non-hydrogen) atoms. The van der Waals surface area contributed by atoms with Gasteiger partial charge in [-0.15, -0.1) is 0 Å². The van der Waals surface area contributed by atoms with Crippen LogP contribution in [-0.4, -0.2) is 22.8 Å². The number of aromatic carboxylic acids is 1. The number of halogens is 1. The smallest absolute Gasteiger partial charge is 0.412 e. The highest BCUT2D eigenvalue weighted by atomic mass is 35.5. The van der Waals surface area contributed by atoms with Gasteiger partial charge in [0.2, 0.25) is 0 Å². The Hall–Kier alpha value is -1.75. The Morgan fingerprint density at radius 2 is 1.94 bits per heavy atom. The molecule has 5 nitrogen and oxygen atoms in total. The van der Waals surface area contributed by atoms with Gasteiger partial charge in [0.1, 0.15) is 5.60 Å². The van der Waals surface area contributed by atoms with E-state index in [-0.39, 0.29) is 10.6 Å². The van der Waals surface area contributed by atoms with Gasteiger partial charge in [-0.3, -0.25) is 5.32 Å². The predicted molar refractivity (Wildman–Crippen MR) is 68.3 cm³/mol. The average Bonchev–Trinajstić information content (AvgIpc) is 2.17. The fourth-order valence-electron chi connectivity index (χ4n) is 1.19. The number of hydrogen-bond donors (Lipinski definition) is 2. The lowest BCUT2D eigenvalue weighted by atomic mass is 10.2. The maximum absolute atomic E-state index is 11.5. The molecule has 1 rings (SSSR count). The number of amides is 1. The minimum atomic E-state index is -1.16. The quantitative estimate of drug-likeness (QED) is 0.864. The third kappa shape index (κ3) is 4.25. The van der Waals surface area contributed by atoms with Crippen LogP contribution in [0.5, 0.6) is 0 Å². The molecule has 1 aromatic carbocycles. The summed E-state index contributed by atoms with van der Waals surface area (Å²) in [7, 11) is 0. The van der Waals surface area contributed by atoms with Crippen molar-refractivity contribution in [2.45, 2.75) is 26.4 Å². The lowest BCUT2D eigenvalue weighted by molar-refractivity contribution is 0.0632. The summed E-state index contributed by atoms with van der Waals surface area (Å²) in [4.78, 5) is 22.3. The van der Waals surface area contributed by atoms with Crippen molar-refractivity contribution >= 4 is 29.4 Å². The van der Waals surface area contributed by atoms with Crippen molar-refractivity contribution in [1.29, 1.82) is 0 Å². The van der Waals surface area contributed by atoms with Gasteiger partial charge in [-0.05, 0) is 39.0 Å². The van der Waals surface area contributed by atoms with Crippen molar-refractivity contribution in [3.63, 3.8) is 0 Å². The zero-order valence-corrected chi connectivity index (χ0v) is 11.0. The molecule has 0 spiro atoms. The van der Waals surface area contributed by atoms with Crippen molar-refractivity contribution < 1.29 is 19.4 Å². The van der Waals surface area contributed by atoms with Gasteiger partial charge in [-0.1, -0.05) is 11.6 Å². The number of carbonyl (C=O) groups is 2. The first-order valence-electron chi connectivity index (χ1n) is 5.22. The SMILES string of the molecule is CC(C)(C)OC(=O)Nc1ccc(Cl)c(C(=O)O)c1. The molecule has 1 aromatic rings. The van der Waals surface area contributed by atoms with Crippen LogP contribution in [-0.2, 0) is 4.74 Å². The monoisotopic (exact) mass is 271 g/mol. The maximum Gasteiger partial charge on any atom is 0.412 e. The van der Waals surface area contributed by atoms with Crippen LogP contribution < -0.4 is 5.32 Å². The molecule has 0 radical (unpaired) electrons. The summed E-state index contributed by atoms with van der Waals surface area (Å²) >= 11 is 5.71. The first-order chi connectivity index (χ1) is 8.19. The Kier molecular flexibility index (Phi) is 4.19. The summed E-state index contributed by atoms with van der Waals surface area (Å²) < 4.78 is 5.04. The Morgan fingerprint density at radius 1 is 1.33 bits per heavy atom. The lowest BCUT2D eigenvalue weighted by Gasteiger charge is -2.19. The van der Waals surface area contributed by atoms with Crippen LogP contribution in [0.15, 0.2) is 18.2 Å². The highest BCUT2D eigenvalue weighted by Gasteiger charge is 2.17. The van der Waals surface area contributed by atoms with Gasteiger partial charge >= 0.3 is 12.1 Å². The van der Waals surface area contributed by atoms with Gasteiger partial charge in [-0.25, -0.2) is 9.59 Å². The molecule has 0 aliphatic heterocycles. The molecule has 98 valence electrons. The zero-order valence-electron chi connectivity index (χ0n) is 10.3. The number of rotatable bonds is 2. The Labute approximate surface area is 110 Å². The topological polar surface area (TPSA) is 75.6 Å². The van der Waals surface area contributed by atoms with Gasteiger partial charge in [-0.2, -0.15) is 0 Å². The van der Waals surface area contributed by atoms with Crippen molar-refractivity contribution in [3.8, 4) is 0 Å². The number of carbonyl (C=O) groups excluding carboxylic acids is 1. The number of carboxylic acids is 1. The van der Waals surface area contributed by atoms with Crippen LogP contribution in [0.3, 0.4) is 0 Å². The van der Waals surface area contributed by atoms with Crippen LogP contribution >= 0.6 is 11.6 Å². The first-order valence-corrected chi connectivity index (χ1v) is 5.60. The molecule has 1 amide bonds. The Balaban J connectivity index is 2.83. The van der Waals surface area contributed by atoms with E-state index in [9.17, 15) is 9.59 Å². The molecule has 2 N–H and O–H groups in total. The van der Waals surface area contributed by atoms with E-state index in [4.69, 9.17) is 21.4 Å². The van der Waals surface area contributed by atoms with Crippen molar-refractivity contribution in [2.75, 3.05) is 5.32 Å². The number of carboxylic acid groups (broad SMARTS) is 1. The highest BCUT2D eigenvalue weighted by Crippen LogP contribution is 2.21. The van der Waals surface area contributed by atoms with E-state index < -0.39 is 17.7 Å². The Bertz CT molecular complexity index is 479. The molecule has 0 aliphatic carbocycles. The van der Waals surface area contributed by atoms with E-state index >= 15 is 0 Å². The normalized spacial score (nSPS) is 10.9. The van der Waals surface area contributed by atoms with Gasteiger partial charge in [0.15, 0.2) is 0 Å². The summed E-state index contributed by atoms with van der Waals surface area (Å²) in [5.74, 6) is -1.16. The number of nitrogens with one attached hydrogen (secondary N) is 1. The summed E-state index contributed by atoms with van der Waals surface area (Å²) in [6.45, 7) is 5.20. The van der Waals surface area contributed by atoms with Crippen molar-refractivity contribution in [1.82, 2.24) is 0 Å². The first kappa shape index (κ1) is 14.3. The molecule has 0 bridgehead atoms. The fraction of sp³-hybridized carbons (Fsp3) is 0.333. The van der Waals surface area contributed by atoms with E-state index in [1.807, 2.05) is 0 Å². The van der Waals surface area contributed by atoms with Crippen molar-refractivity contribution in [2.24, 2.45) is 0 Å². The molecule has 0 saturated carbocycles. The molecule has 0 aromatic heterocycles. The van der Waals surface area contributed by atoms with E-state index in [1.165, 1.54) is 18.2 Å². The van der Waals surface area contributed by atoms with Gasteiger partial charge in [0.05, 0.1) is 10.6 Å². The van der Waals surface area contributed by atoms with E-state index in [1.54, 1.807) is 20.8 Å². The second kappa shape index (κ2) is 5.27. The van der Waals surface area contributed by atoms with Crippen molar-refractivity contribution in [3.05, 3.63) is 28.8 Å². The second-order valence-electron chi connectivity index (χ2n) is 4.63. The fourth-order valence-corrected chi connectivity index (χ4v) is 1.39. The molecular formula is C12H14ClNO4. The van der Waals surface area contributed by atoms with E-state index in [0.29, 0.717) is 5.69 Å². The highest BCUT2D eigenvalue weighted by molar-refractivity contribution is 6.33. The van der Waals surface area contributed by atoms with Gasteiger partial charge in [0, 0.05) is 5.69 Å². The molecule has 0 unspecified atom stereocenters. The second-order valence-corrected chi connectivity index (χ2v) is 5.03. The third-order valence-electron chi connectivity index (χ3n) is 1.84. The number of benzene rings is 1. The minimum absolute atomic E-state index is 0.0785. The molecule has 0 saturated heterocycles. The summed E-state index contributed by atoms with van der Waals surface area (Å²) in [6, 6.07) is 4.17. The van der Waals surface area contributed by atoms with Crippen LogP contribution in [0.25, 0.3) is 0 Å². The molecule has 0 aliphatic rings. The molecule has 0 heterocycles. The number of hydrogen-bond acceptors (Lipinski definition) is 3. The summed E-state index contributed by atoms with van der Waals surface area (Å²) in [6.07, 6.45) is -0.652. The minimum Gasteiger partial charge on any atom is -0.478 e. The molecule has 6 heteroatoms. The lowest BCUT2D eigenvalue weighted by Crippen LogP contribution is -2.27. The molecule has 0 atom stereocenters. The van der Waals surface area contributed by atoms with E-state index in [2.05, 4.69) is 5.32 Å².